The van der Waals surface area contributed by atoms with Gasteiger partial charge in [0, 0.05) is 26.2 Å². The van der Waals surface area contributed by atoms with Crippen LogP contribution in [0.2, 0.25) is 0 Å². The van der Waals surface area contributed by atoms with Gasteiger partial charge in [-0.1, -0.05) is 22.8 Å². The van der Waals surface area contributed by atoms with E-state index in [9.17, 15) is 0 Å². The molecule has 1 aromatic carbocycles. The van der Waals surface area contributed by atoms with Crippen LogP contribution >= 0.6 is 0 Å². The Bertz CT molecular complexity index is 743. The van der Waals surface area contributed by atoms with Crippen molar-refractivity contribution in [2.75, 3.05) is 37.6 Å². The maximum absolute atomic E-state index is 5.85. The van der Waals surface area contributed by atoms with E-state index in [1.165, 1.54) is 31.4 Å². The Labute approximate surface area is 167 Å². The molecule has 7 nitrogen and oxygen atoms in total. The van der Waals surface area contributed by atoms with Crippen molar-refractivity contribution >= 4 is 5.95 Å². The molecule has 0 bridgehead atoms. The molecule has 0 amide bonds. The van der Waals surface area contributed by atoms with Gasteiger partial charge in [-0.15, -0.1) is 0 Å². The van der Waals surface area contributed by atoms with Gasteiger partial charge in [0.15, 0.2) is 0 Å². The Balaban J connectivity index is 1.30. The van der Waals surface area contributed by atoms with Crippen molar-refractivity contribution in [3.05, 3.63) is 29.8 Å². The highest BCUT2D eigenvalue weighted by molar-refractivity contribution is 5.41. The van der Waals surface area contributed by atoms with E-state index in [4.69, 9.17) is 4.74 Å². The molecule has 0 radical (unpaired) electrons. The summed E-state index contributed by atoms with van der Waals surface area (Å²) in [5.41, 5.74) is 2.26. The molecular formula is C21H32N6O. The molecule has 2 atom stereocenters. The van der Waals surface area contributed by atoms with Gasteiger partial charge in [-0.3, -0.25) is 4.90 Å². The van der Waals surface area contributed by atoms with Crippen LogP contribution in [-0.4, -0.2) is 70.0 Å². The second-order valence-corrected chi connectivity index (χ2v) is 8.46. The number of morpholine rings is 1. The van der Waals surface area contributed by atoms with Crippen molar-refractivity contribution in [1.29, 1.82) is 0 Å². The van der Waals surface area contributed by atoms with Crippen LogP contribution in [0.1, 0.15) is 38.7 Å². The molecule has 1 aromatic heterocycles. The molecular weight excluding hydrogens is 352 g/mol. The monoisotopic (exact) mass is 384 g/mol. The van der Waals surface area contributed by atoms with E-state index in [1.54, 1.807) is 0 Å². The summed E-state index contributed by atoms with van der Waals surface area (Å²) in [5, 5.41) is 12.5. The van der Waals surface area contributed by atoms with Crippen molar-refractivity contribution in [2.24, 2.45) is 5.92 Å². The second-order valence-electron chi connectivity index (χ2n) is 8.46. The summed E-state index contributed by atoms with van der Waals surface area (Å²) >= 11 is 0. The number of benzene rings is 1. The fourth-order valence-corrected chi connectivity index (χ4v) is 4.49. The summed E-state index contributed by atoms with van der Waals surface area (Å²) in [6, 6.07) is 8.35. The number of hydrogen-bond donors (Lipinski definition) is 0. The van der Waals surface area contributed by atoms with Gasteiger partial charge in [0.2, 0.25) is 5.95 Å². The maximum Gasteiger partial charge on any atom is 0.250 e. The van der Waals surface area contributed by atoms with Crippen molar-refractivity contribution in [2.45, 2.75) is 52.2 Å². The van der Waals surface area contributed by atoms with Gasteiger partial charge in [0.05, 0.1) is 17.9 Å². The van der Waals surface area contributed by atoms with Gasteiger partial charge in [-0.2, -0.15) is 4.68 Å². The summed E-state index contributed by atoms with van der Waals surface area (Å²) < 4.78 is 7.71. The fourth-order valence-electron chi connectivity index (χ4n) is 4.49. The predicted molar refractivity (Wildman–Crippen MR) is 110 cm³/mol. The van der Waals surface area contributed by atoms with E-state index >= 15 is 0 Å². The molecule has 2 saturated heterocycles. The van der Waals surface area contributed by atoms with Crippen molar-refractivity contribution in [3.63, 3.8) is 0 Å². The minimum Gasteiger partial charge on any atom is -0.373 e. The first-order valence-electron chi connectivity index (χ1n) is 10.6. The average Bonchev–Trinajstić information content (AvgIpc) is 3.16. The number of aromatic nitrogens is 4. The predicted octanol–water partition coefficient (Wildman–Crippen LogP) is 2.69. The van der Waals surface area contributed by atoms with Crippen LogP contribution in [0.5, 0.6) is 0 Å². The fraction of sp³-hybridized carbons (Fsp3) is 0.667. The Hall–Kier alpha value is -1.99. The first-order chi connectivity index (χ1) is 13.6. The molecule has 0 aliphatic carbocycles. The van der Waals surface area contributed by atoms with Crippen LogP contribution in [-0.2, 0) is 4.74 Å². The van der Waals surface area contributed by atoms with Crippen LogP contribution < -0.4 is 4.90 Å². The molecule has 0 saturated carbocycles. The van der Waals surface area contributed by atoms with Gasteiger partial charge in [0.1, 0.15) is 0 Å². The second kappa shape index (κ2) is 8.57. The SMILES string of the molecule is Cc1ccc(-n2nnnc2N2CCC(CCN3CC(C)OC(C)C3)CC2)cc1. The van der Waals surface area contributed by atoms with Gasteiger partial charge in [-0.25, -0.2) is 0 Å². The summed E-state index contributed by atoms with van der Waals surface area (Å²) in [7, 11) is 0. The Kier molecular flexibility index (Phi) is 5.92. The minimum absolute atomic E-state index is 0.353. The standard InChI is InChI=1S/C21H32N6O/c1-16-4-6-20(7-5-16)27-21(22-23-24-27)26-12-9-19(10-13-26)8-11-25-14-17(2)28-18(3)15-25/h4-7,17-19H,8-15H2,1-3H3. The molecule has 7 heteroatoms. The third kappa shape index (κ3) is 4.52. The largest absolute Gasteiger partial charge is 0.373 e. The summed E-state index contributed by atoms with van der Waals surface area (Å²) in [5.74, 6) is 1.64. The number of nitrogens with zero attached hydrogens (tertiary/aromatic N) is 6. The highest BCUT2D eigenvalue weighted by Gasteiger charge is 2.26. The van der Waals surface area contributed by atoms with Crippen LogP contribution in [0.3, 0.4) is 0 Å². The molecule has 0 N–H and O–H groups in total. The molecule has 0 spiro atoms. The molecule has 2 unspecified atom stereocenters. The molecule has 2 aromatic rings. The van der Waals surface area contributed by atoms with E-state index in [1.807, 2.05) is 4.68 Å². The summed E-state index contributed by atoms with van der Waals surface area (Å²) in [4.78, 5) is 4.90. The highest BCUT2D eigenvalue weighted by atomic mass is 16.5. The number of ether oxygens (including phenoxy) is 1. The zero-order valence-electron chi connectivity index (χ0n) is 17.3. The molecule has 4 rings (SSSR count). The maximum atomic E-state index is 5.85. The first kappa shape index (κ1) is 19.3. The zero-order chi connectivity index (χ0) is 19.5. The lowest BCUT2D eigenvalue weighted by Gasteiger charge is -2.37. The van der Waals surface area contributed by atoms with Gasteiger partial charge < -0.3 is 9.64 Å². The Morgan fingerprint density at radius 3 is 2.39 bits per heavy atom. The van der Waals surface area contributed by atoms with Crippen LogP contribution in [0, 0.1) is 12.8 Å². The quantitative estimate of drug-likeness (QED) is 0.790. The smallest absolute Gasteiger partial charge is 0.250 e. The van der Waals surface area contributed by atoms with E-state index < -0.39 is 0 Å². The molecule has 2 fully saturated rings. The normalized spacial score (nSPS) is 24.6. The van der Waals surface area contributed by atoms with Crippen molar-refractivity contribution in [3.8, 4) is 5.69 Å². The van der Waals surface area contributed by atoms with Gasteiger partial charge in [0.25, 0.3) is 0 Å². The lowest BCUT2D eigenvalue weighted by molar-refractivity contribution is -0.0690. The van der Waals surface area contributed by atoms with E-state index in [-0.39, 0.29) is 0 Å². The summed E-state index contributed by atoms with van der Waals surface area (Å²) in [6.45, 7) is 11.8. The Morgan fingerprint density at radius 1 is 1.04 bits per heavy atom. The van der Waals surface area contributed by atoms with E-state index in [0.29, 0.717) is 12.2 Å². The van der Waals surface area contributed by atoms with Gasteiger partial charge in [-0.05, 0) is 75.1 Å². The number of tetrazole rings is 1. The van der Waals surface area contributed by atoms with Crippen molar-refractivity contribution < 1.29 is 4.74 Å². The molecule has 2 aliphatic heterocycles. The number of hydrogen-bond acceptors (Lipinski definition) is 6. The minimum atomic E-state index is 0.353. The lowest BCUT2D eigenvalue weighted by atomic mass is 9.93. The Morgan fingerprint density at radius 2 is 1.71 bits per heavy atom. The number of aryl methyl sites for hydroxylation is 1. The van der Waals surface area contributed by atoms with Crippen LogP contribution in [0.15, 0.2) is 24.3 Å². The molecule has 2 aliphatic rings. The third-order valence-electron chi connectivity index (χ3n) is 5.98. The van der Waals surface area contributed by atoms with Crippen LogP contribution in [0.25, 0.3) is 5.69 Å². The number of piperidine rings is 1. The van der Waals surface area contributed by atoms with E-state index in [2.05, 4.69) is 70.4 Å². The van der Waals surface area contributed by atoms with Gasteiger partial charge >= 0.3 is 0 Å². The first-order valence-corrected chi connectivity index (χ1v) is 10.6. The molecule has 28 heavy (non-hydrogen) atoms. The van der Waals surface area contributed by atoms with Crippen molar-refractivity contribution in [1.82, 2.24) is 25.1 Å². The zero-order valence-corrected chi connectivity index (χ0v) is 17.3. The third-order valence-corrected chi connectivity index (χ3v) is 5.98. The topological polar surface area (TPSA) is 59.3 Å². The average molecular weight is 385 g/mol. The number of rotatable bonds is 5. The molecule has 3 heterocycles. The lowest BCUT2D eigenvalue weighted by Crippen LogP contribution is -2.46. The number of anilines is 1. The van der Waals surface area contributed by atoms with E-state index in [0.717, 1.165) is 43.7 Å². The molecule has 152 valence electrons. The summed E-state index contributed by atoms with van der Waals surface area (Å²) in [6.07, 6.45) is 4.39. The highest BCUT2D eigenvalue weighted by Crippen LogP contribution is 2.26. The van der Waals surface area contributed by atoms with Crippen LogP contribution in [0.4, 0.5) is 5.95 Å².